The lowest BCUT2D eigenvalue weighted by Crippen LogP contribution is -2.34. The van der Waals surface area contributed by atoms with Crippen LogP contribution in [0.5, 0.6) is 0 Å². The molecule has 0 unspecified atom stereocenters. The minimum Gasteiger partial charge on any atom is -0.356 e. The monoisotopic (exact) mass is 380 g/mol. The van der Waals surface area contributed by atoms with Gasteiger partial charge in [-0.1, -0.05) is 24.6 Å². The van der Waals surface area contributed by atoms with Crippen LogP contribution < -0.4 is 15.9 Å². The van der Waals surface area contributed by atoms with Crippen molar-refractivity contribution >= 4 is 23.2 Å². The molecule has 146 valence electrons. The number of nitrogens with zero attached hydrogens (tertiary/aromatic N) is 5. The first kappa shape index (κ1) is 18.2. The predicted molar refractivity (Wildman–Crippen MR) is 108 cm³/mol. The summed E-state index contributed by atoms with van der Waals surface area (Å²) in [4.78, 5) is 31.6. The Morgan fingerprint density at radius 1 is 1.25 bits per heavy atom. The summed E-state index contributed by atoms with van der Waals surface area (Å²) in [5.74, 6) is 1.45. The highest BCUT2D eigenvalue weighted by Gasteiger charge is 2.19. The van der Waals surface area contributed by atoms with Gasteiger partial charge < -0.3 is 10.2 Å². The highest BCUT2D eigenvalue weighted by molar-refractivity contribution is 5.90. The molecule has 1 atom stereocenters. The minimum absolute atomic E-state index is 0.161. The molecule has 2 aromatic heterocycles. The van der Waals surface area contributed by atoms with Gasteiger partial charge in [0.2, 0.25) is 5.91 Å². The Balaban J connectivity index is 1.52. The van der Waals surface area contributed by atoms with Crippen molar-refractivity contribution < 1.29 is 4.79 Å². The van der Waals surface area contributed by atoms with E-state index in [4.69, 9.17) is 0 Å². The Morgan fingerprint density at radius 3 is 2.79 bits per heavy atom. The van der Waals surface area contributed by atoms with Gasteiger partial charge in [0.25, 0.3) is 5.78 Å². The normalized spacial score (nSPS) is 17.1. The number of fused-ring (bicyclic) bond motifs is 1. The zero-order valence-corrected chi connectivity index (χ0v) is 16.1. The van der Waals surface area contributed by atoms with Crippen molar-refractivity contribution in [3.05, 3.63) is 52.6 Å². The maximum Gasteiger partial charge on any atom is 0.352 e. The van der Waals surface area contributed by atoms with E-state index in [9.17, 15) is 9.59 Å². The maximum atomic E-state index is 12.5. The first-order chi connectivity index (χ1) is 13.5. The van der Waals surface area contributed by atoms with Crippen LogP contribution in [0.2, 0.25) is 0 Å². The van der Waals surface area contributed by atoms with Gasteiger partial charge in [-0.25, -0.2) is 13.9 Å². The molecule has 0 aliphatic carbocycles. The molecule has 1 fully saturated rings. The molecule has 28 heavy (non-hydrogen) atoms. The molecule has 3 aromatic rings. The molecule has 1 saturated heterocycles. The lowest BCUT2D eigenvalue weighted by Gasteiger charge is -2.31. The number of aromatic nitrogens is 4. The molecular formula is C20H24N6O2. The van der Waals surface area contributed by atoms with E-state index in [1.54, 1.807) is 6.20 Å². The van der Waals surface area contributed by atoms with E-state index < -0.39 is 0 Å². The van der Waals surface area contributed by atoms with Crippen LogP contribution in [0.1, 0.15) is 25.3 Å². The Bertz CT molecular complexity index is 1050. The highest BCUT2D eigenvalue weighted by atomic mass is 16.2. The summed E-state index contributed by atoms with van der Waals surface area (Å²) in [7, 11) is 0. The summed E-state index contributed by atoms with van der Waals surface area (Å²) in [5, 5.41) is 7.03. The summed E-state index contributed by atoms with van der Waals surface area (Å²) in [6, 6.07) is 9.32. The van der Waals surface area contributed by atoms with Crippen molar-refractivity contribution in [2.24, 2.45) is 5.92 Å². The minimum atomic E-state index is -0.375. The average Bonchev–Trinajstić information content (AvgIpc) is 2.98. The Kier molecular flexibility index (Phi) is 4.85. The molecule has 8 heteroatoms. The Labute approximate surface area is 162 Å². The largest absolute Gasteiger partial charge is 0.356 e. The molecule has 4 rings (SSSR count). The van der Waals surface area contributed by atoms with Crippen molar-refractivity contribution in [3.63, 3.8) is 0 Å². The van der Waals surface area contributed by atoms with Gasteiger partial charge in [-0.3, -0.25) is 4.79 Å². The average molecular weight is 380 g/mol. The van der Waals surface area contributed by atoms with Crippen LogP contribution in [0.4, 0.5) is 11.5 Å². The fraction of sp³-hybridized carbons (Fsp3) is 0.400. The third kappa shape index (κ3) is 3.76. The van der Waals surface area contributed by atoms with E-state index in [-0.39, 0.29) is 18.1 Å². The lowest BCUT2D eigenvalue weighted by atomic mass is 10.0. The molecule has 0 radical (unpaired) electrons. The molecule has 0 bridgehead atoms. The second-order valence-electron chi connectivity index (χ2n) is 7.50. The third-order valence-electron chi connectivity index (χ3n) is 5.05. The number of carbonyl (C=O) groups excluding carboxylic acids is 1. The smallest absolute Gasteiger partial charge is 0.352 e. The molecular weight excluding hydrogens is 356 g/mol. The number of carbonyl (C=O) groups is 1. The number of aryl methyl sites for hydroxylation is 1. The standard InChI is InChI=1S/C20H24N6O2/c1-14-5-7-16(8-6-14)21-18(27)13-26-20(28)25-11-9-17(22-19(25)23-26)24-10-3-4-15(2)12-24/h5-9,11,15H,3-4,10,12-13H2,1-2H3,(H,21,27)/t15-/m1/s1. The number of hydrogen-bond donors (Lipinski definition) is 1. The molecule has 1 aliphatic heterocycles. The summed E-state index contributed by atoms with van der Waals surface area (Å²) in [6.07, 6.45) is 4.04. The second kappa shape index (κ2) is 7.46. The van der Waals surface area contributed by atoms with Crippen molar-refractivity contribution in [2.45, 2.75) is 33.2 Å². The fourth-order valence-corrected chi connectivity index (χ4v) is 3.55. The molecule has 0 spiro atoms. The molecule has 8 nitrogen and oxygen atoms in total. The molecule has 1 N–H and O–H groups in total. The third-order valence-corrected chi connectivity index (χ3v) is 5.05. The van der Waals surface area contributed by atoms with Crippen LogP contribution in [0.25, 0.3) is 5.78 Å². The van der Waals surface area contributed by atoms with Gasteiger partial charge in [0.1, 0.15) is 12.4 Å². The first-order valence-corrected chi connectivity index (χ1v) is 9.57. The predicted octanol–water partition coefficient (Wildman–Crippen LogP) is 2.07. The van der Waals surface area contributed by atoms with Crippen molar-refractivity contribution in [3.8, 4) is 0 Å². The molecule has 1 amide bonds. The van der Waals surface area contributed by atoms with E-state index in [0.717, 1.165) is 35.6 Å². The van der Waals surface area contributed by atoms with E-state index >= 15 is 0 Å². The van der Waals surface area contributed by atoms with Gasteiger partial charge in [-0.05, 0) is 43.9 Å². The van der Waals surface area contributed by atoms with Crippen LogP contribution in [0.3, 0.4) is 0 Å². The van der Waals surface area contributed by atoms with Gasteiger partial charge in [-0.2, -0.15) is 4.98 Å². The lowest BCUT2D eigenvalue weighted by molar-refractivity contribution is -0.117. The van der Waals surface area contributed by atoms with Crippen molar-refractivity contribution in [2.75, 3.05) is 23.3 Å². The topological polar surface area (TPSA) is 84.5 Å². The Hall–Kier alpha value is -3.16. The number of benzene rings is 1. The zero-order chi connectivity index (χ0) is 19.7. The number of rotatable bonds is 4. The van der Waals surface area contributed by atoms with E-state index in [1.807, 2.05) is 37.3 Å². The van der Waals surface area contributed by atoms with Gasteiger partial charge in [-0.15, -0.1) is 5.10 Å². The number of amides is 1. The van der Waals surface area contributed by atoms with Crippen LogP contribution >= 0.6 is 0 Å². The van der Waals surface area contributed by atoms with Gasteiger partial charge in [0.05, 0.1) is 0 Å². The SMILES string of the molecule is Cc1ccc(NC(=O)Cn2nc3nc(N4CCC[C@@H](C)C4)ccn3c2=O)cc1. The first-order valence-electron chi connectivity index (χ1n) is 9.57. The molecule has 0 saturated carbocycles. The maximum absolute atomic E-state index is 12.5. The van der Waals surface area contributed by atoms with Crippen LogP contribution in [-0.2, 0) is 11.3 Å². The Morgan fingerprint density at radius 2 is 2.04 bits per heavy atom. The molecule has 3 heterocycles. The number of piperidine rings is 1. The summed E-state index contributed by atoms with van der Waals surface area (Å²) in [6.45, 7) is 5.96. The van der Waals surface area contributed by atoms with E-state index in [1.165, 1.54) is 10.8 Å². The van der Waals surface area contributed by atoms with Gasteiger partial charge >= 0.3 is 5.69 Å². The number of nitrogens with one attached hydrogen (secondary N) is 1. The summed E-state index contributed by atoms with van der Waals surface area (Å²) < 4.78 is 2.52. The number of hydrogen-bond acceptors (Lipinski definition) is 5. The number of anilines is 2. The van der Waals surface area contributed by atoms with Crippen LogP contribution in [0, 0.1) is 12.8 Å². The second-order valence-corrected chi connectivity index (χ2v) is 7.50. The molecule has 1 aromatic carbocycles. The highest BCUT2D eigenvalue weighted by Crippen LogP contribution is 2.21. The molecule has 1 aliphatic rings. The van der Waals surface area contributed by atoms with Gasteiger partial charge in [0.15, 0.2) is 0 Å². The van der Waals surface area contributed by atoms with E-state index in [0.29, 0.717) is 17.4 Å². The summed E-state index contributed by atoms with van der Waals surface area (Å²) >= 11 is 0. The van der Waals surface area contributed by atoms with Crippen LogP contribution in [-0.4, -0.2) is 38.2 Å². The van der Waals surface area contributed by atoms with Crippen molar-refractivity contribution in [1.82, 2.24) is 19.2 Å². The quantitative estimate of drug-likeness (QED) is 0.749. The van der Waals surface area contributed by atoms with Crippen molar-refractivity contribution in [1.29, 1.82) is 0 Å². The fourth-order valence-electron chi connectivity index (χ4n) is 3.55. The van der Waals surface area contributed by atoms with Crippen LogP contribution in [0.15, 0.2) is 41.3 Å². The van der Waals surface area contributed by atoms with E-state index in [2.05, 4.69) is 27.2 Å². The summed E-state index contributed by atoms with van der Waals surface area (Å²) in [5.41, 5.74) is 1.42. The van der Waals surface area contributed by atoms with Gasteiger partial charge in [0, 0.05) is 25.0 Å². The zero-order valence-electron chi connectivity index (χ0n) is 16.1.